The van der Waals surface area contributed by atoms with Crippen molar-refractivity contribution < 1.29 is 13.6 Å². The third-order valence-electron chi connectivity index (χ3n) is 4.62. The van der Waals surface area contributed by atoms with Gasteiger partial charge in [0.25, 0.3) is 5.91 Å². The molecule has 0 saturated carbocycles. The fourth-order valence-corrected chi connectivity index (χ4v) is 3.15. The highest BCUT2D eigenvalue weighted by Crippen LogP contribution is 2.22. The number of fused-ring (bicyclic) bond motifs is 1. The van der Waals surface area contributed by atoms with Crippen molar-refractivity contribution in [1.82, 2.24) is 19.7 Å². The summed E-state index contributed by atoms with van der Waals surface area (Å²) in [6.45, 7) is 3.49. The molecule has 0 aliphatic rings. The first-order valence-corrected chi connectivity index (χ1v) is 9.41. The van der Waals surface area contributed by atoms with Gasteiger partial charge in [-0.3, -0.25) is 14.6 Å². The van der Waals surface area contributed by atoms with Crippen molar-refractivity contribution in [3.63, 3.8) is 0 Å². The number of halogens is 3. The monoisotopic (exact) mass is 441 g/mol. The summed E-state index contributed by atoms with van der Waals surface area (Å²) < 4.78 is 29.2. The fourth-order valence-electron chi connectivity index (χ4n) is 2.99. The third-order valence-corrected chi connectivity index (χ3v) is 4.86. The Kier molecular flexibility index (Phi) is 5.20. The molecule has 4 rings (SSSR count). The van der Waals surface area contributed by atoms with Crippen molar-refractivity contribution in [1.29, 1.82) is 0 Å². The van der Waals surface area contributed by atoms with Crippen LogP contribution < -0.4 is 10.7 Å². The van der Waals surface area contributed by atoms with Crippen molar-refractivity contribution in [3.8, 4) is 5.69 Å². The minimum atomic E-state index is -0.914. The van der Waals surface area contributed by atoms with E-state index in [0.717, 1.165) is 28.6 Å². The molecular formula is C21H14ClF2N5O2. The van der Waals surface area contributed by atoms with E-state index in [2.05, 4.69) is 20.4 Å². The van der Waals surface area contributed by atoms with Crippen LogP contribution in [0.15, 0.2) is 47.5 Å². The van der Waals surface area contributed by atoms with E-state index in [1.165, 1.54) is 18.3 Å². The van der Waals surface area contributed by atoms with Gasteiger partial charge in [0, 0.05) is 16.8 Å². The average Bonchev–Trinajstić information content (AvgIpc) is 2.70. The first-order chi connectivity index (χ1) is 14.7. The van der Waals surface area contributed by atoms with Crippen LogP contribution in [0.2, 0.25) is 5.02 Å². The Morgan fingerprint density at radius 1 is 1.13 bits per heavy atom. The maximum Gasteiger partial charge on any atom is 0.280 e. The Bertz CT molecular complexity index is 1420. The molecule has 4 aromatic rings. The molecule has 7 nitrogen and oxygen atoms in total. The number of pyridine rings is 2. The summed E-state index contributed by atoms with van der Waals surface area (Å²) in [5.74, 6) is -2.29. The van der Waals surface area contributed by atoms with E-state index < -0.39 is 28.7 Å². The predicted octanol–water partition coefficient (Wildman–Crippen LogP) is 3.98. The molecule has 10 heteroatoms. The van der Waals surface area contributed by atoms with Gasteiger partial charge >= 0.3 is 0 Å². The molecule has 1 aromatic carbocycles. The van der Waals surface area contributed by atoms with Crippen molar-refractivity contribution in [3.05, 3.63) is 86.6 Å². The van der Waals surface area contributed by atoms with Crippen molar-refractivity contribution in [2.24, 2.45) is 0 Å². The zero-order chi connectivity index (χ0) is 22.3. The second-order valence-electron chi connectivity index (χ2n) is 6.79. The van der Waals surface area contributed by atoms with E-state index in [-0.39, 0.29) is 27.4 Å². The molecule has 1 N–H and O–H groups in total. The van der Waals surface area contributed by atoms with Crippen molar-refractivity contribution in [2.75, 3.05) is 5.32 Å². The van der Waals surface area contributed by atoms with Crippen LogP contribution >= 0.6 is 11.6 Å². The van der Waals surface area contributed by atoms with Gasteiger partial charge < -0.3 is 5.32 Å². The van der Waals surface area contributed by atoms with E-state index in [0.29, 0.717) is 5.69 Å². The average molecular weight is 442 g/mol. The van der Waals surface area contributed by atoms with Crippen molar-refractivity contribution >= 4 is 34.2 Å². The highest BCUT2D eigenvalue weighted by atomic mass is 35.5. The molecule has 3 heterocycles. The van der Waals surface area contributed by atoms with Crippen molar-refractivity contribution in [2.45, 2.75) is 13.8 Å². The van der Waals surface area contributed by atoms with Gasteiger partial charge in [0.15, 0.2) is 5.69 Å². The van der Waals surface area contributed by atoms with Crippen LogP contribution in [0.25, 0.3) is 16.7 Å². The van der Waals surface area contributed by atoms with Crippen LogP contribution in [0, 0.1) is 25.5 Å². The van der Waals surface area contributed by atoms with Gasteiger partial charge in [-0.15, -0.1) is 0 Å². The van der Waals surface area contributed by atoms with E-state index >= 15 is 0 Å². The smallest absolute Gasteiger partial charge is 0.280 e. The highest BCUT2D eigenvalue weighted by Gasteiger charge is 2.21. The molecule has 0 spiro atoms. The normalized spacial score (nSPS) is 11.0. The number of rotatable bonds is 3. The molecule has 0 saturated heterocycles. The molecule has 0 unspecified atom stereocenters. The van der Waals surface area contributed by atoms with Crippen LogP contribution in [-0.4, -0.2) is 25.7 Å². The van der Waals surface area contributed by atoms with Gasteiger partial charge in [-0.05, 0) is 43.7 Å². The zero-order valence-electron chi connectivity index (χ0n) is 16.3. The Labute approximate surface area is 179 Å². The number of nitrogens with one attached hydrogen (secondary N) is 1. The maximum atomic E-state index is 14.7. The molecule has 0 bridgehead atoms. The first kappa shape index (κ1) is 20.5. The number of hydrogen-bond donors (Lipinski definition) is 1. The van der Waals surface area contributed by atoms with Gasteiger partial charge in [-0.2, -0.15) is 5.10 Å². The molecular weight excluding hydrogens is 428 g/mol. The molecule has 0 aliphatic heterocycles. The lowest BCUT2D eigenvalue weighted by Gasteiger charge is -2.14. The molecule has 0 atom stereocenters. The van der Waals surface area contributed by atoms with Crippen LogP contribution in [0.5, 0.6) is 0 Å². The maximum absolute atomic E-state index is 14.7. The van der Waals surface area contributed by atoms with E-state index in [4.69, 9.17) is 11.6 Å². The minimum Gasteiger partial charge on any atom is -0.319 e. The number of aryl methyl sites for hydroxylation is 2. The van der Waals surface area contributed by atoms with E-state index in [1.807, 2.05) is 0 Å². The Hall–Kier alpha value is -3.72. The quantitative estimate of drug-likeness (QED) is 0.519. The number of carbonyl (C=O) groups excluding carboxylic acids is 1. The van der Waals surface area contributed by atoms with Gasteiger partial charge in [-0.1, -0.05) is 11.6 Å². The van der Waals surface area contributed by atoms with Gasteiger partial charge in [0.1, 0.15) is 22.8 Å². The number of benzene rings is 1. The molecule has 156 valence electrons. The lowest BCUT2D eigenvalue weighted by Crippen LogP contribution is -2.28. The molecule has 0 aliphatic carbocycles. The number of anilines is 1. The number of nitrogens with zero attached hydrogens (tertiary/aromatic N) is 4. The van der Waals surface area contributed by atoms with Gasteiger partial charge in [0.05, 0.1) is 23.6 Å². The lowest BCUT2D eigenvalue weighted by atomic mass is 10.1. The Balaban J connectivity index is 1.96. The summed E-state index contributed by atoms with van der Waals surface area (Å²) in [6, 6.07) is 6.60. The Morgan fingerprint density at radius 2 is 1.90 bits per heavy atom. The number of hydrogen-bond acceptors (Lipinski definition) is 5. The molecule has 0 radical (unpaired) electrons. The lowest BCUT2D eigenvalue weighted by molar-refractivity contribution is 0.102. The Morgan fingerprint density at radius 3 is 2.61 bits per heavy atom. The van der Waals surface area contributed by atoms with E-state index in [9.17, 15) is 18.4 Å². The number of aromatic nitrogens is 4. The summed E-state index contributed by atoms with van der Waals surface area (Å²) in [5, 5.41) is 6.65. The minimum absolute atomic E-state index is 0.0269. The summed E-state index contributed by atoms with van der Waals surface area (Å²) in [4.78, 5) is 33.7. The molecule has 31 heavy (non-hydrogen) atoms. The standard InChI is InChI=1S/C21H14ClF2N5O2/c1-10-5-17-18(26-11(10)2)20(30)19(21(31)27-14-7-13(23)8-25-9-14)28-29(17)16-4-3-12(22)6-15(16)24/h3-9H,1-2H3,(H,27,31). The zero-order valence-corrected chi connectivity index (χ0v) is 17.0. The van der Waals surface area contributed by atoms with Gasteiger partial charge in [-0.25, -0.2) is 18.4 Å². The SMILES string of the molecule is Cc1cc2c(nc1C)c(=O)c(C(=O)Nc1cncc(F)c1)nn2-c1ccc(Cl)cc1F. The summed E-state index contributed by atoms with van der Waals surface area (Å²) in [5.41, 5.74) is 0.199. The predicted molar refractivity (Wildman–Crippen MR) is 112 cm³/mol. The molecule has 0 fully saturated rings. The second-order valence-corrected chi connectivity index (χ2v) is 7.23. The van der Waals surface area contributed by atoms with Crippen LogP contribution in [0.4, 0.5) is 14.5 Å². The van der Waals surface area contributed by atoms with E-state index in [1.54, 1.807) is 19.9 Å². The summed E-state index contributed by atoms with van der Waals surface area (Å²) in [6.07, 6.45) is 2.18. The van der Waals surface area contributed by atoms with Crippen LogP contribution in [-0.2, 0) is 0 Å². The number of carbonyl (C=O) groups is 1. The summed E-state index contributed by atoms with van der Waals surface area (Å²) in [7, 11) is 0. The van der Waals surface area contributed by atoms with Crippen LogP contribution in [0.3, 0.4) is 0 Å². The number of amides is 1. The fraction of sp³-hybridized carbons (Fsp3) is 0.0952. The highest BCUT2D eigenvalue weighted by molar-refractivity contribution is 6.30. The largest absolute Gasteiger partial charge is 0.319 e. The third kappa shape index (κ3) is 3.87. The molecule has 1 amide bonds. The summed E-state index contributed by atoms with van der Waals surface area (Å²) >= 11 is 5.85. The molecule has 3 aromatic heterocycles. The van der Waals surface area contributed by atoms with Gasteiger partial charge in [0.2, 0.25) is 5.43 Å². The first-order valence-electron chi connectivity index (χ1n) is 9.03. The second kappa shape index (κ2) is 7.84. The van der Waals surface area contributed by atoms with Crippen LogP contribution in [0.1, 0.15) is 21.7 Å². The topological polar surface area (TPSA) is 89.8 Å².